The fourth-order valence-corrected chi connectivity index (χ4v) is 1.52. The quantitative estimate of drug-likeness (QED) is 0.610. The Kier molecular flexibility index (Phi) is 5.08. The number of carbonyl (C=O) groups is 1. The first kappa shape index (κ1) is 12.8. The van der Waals surface area contributed by atoms with Crippen molar-refractivity contribution in [2.45, 2.75) is 6.92 Å². The monoisotopic (exact) mass is 242 g/mol. The lowest BCUT2D eigenvalue weighted by Crippen LogP contribution is -2.28. The molecule has 1 aromatic rings. The average molecular weight is 243 g/mol. The molecule has 0 aliphatic rings. The van der Waals surface area contributed by atoms with Gasteiger partial charge in [0.05, 0.1) is 17.2 Å². The second-order valence-corrected chi connectivity index (χ2v) is 3.56. The van der Waals surface area contributed by atoms with Crippen molar-refractivity contribution in [3.05, 3.63) is 28.8 Å². The van der Waals surface area contributed by atoms with Gasteiger partial charge in [-0.1, -0.05) is 17.7 Å². The number of halogens is 1. The molecule has 0 atom stereocenters. The van der Waals surface area contributed by atoms with E-state index < -0.39 is 0 Å². The number of hydrogen-bond donors (Lipinski definition) is 2. The van der Waals surface area contributed by atoms with Crippen LogP contribution in [0.1, 0.15) is 17.3 Å². The lowest BCUT2D eigenvalue weighted by Gasteiger charge is -2.08. The molecule has 4 nitrogen and oxygen atoms in total. The first-order valence-electron chi connectivity index (χ1n) is 5.06. The van der Waals surface area contributed by atoms with Crippen molar-refractivity contribution in [2.24, 2.45) is 0 Å². The smallest absolute Gasteiger partial charge is 0.254 e. The van der Waals surface area contributed by atoms with Crippen LogP contribution in [-0.4, -0.2) is 25.7 Å². The fraction of sp³-hybridized carbons (Fsp3) is 0.364. The summed E-state index contributed by atoms with van der Waals surface area (Å²) in [6.45, 7) is 3.45. The van der Waals surface area contributed by atoms with E-state index in [9.17, 15) is 4.79 Å². The van der Waals surface area contributed by atoms with Crippen molar-refractivity contribution >= 4 is 23.2 Å². The van der Waals surface area contributed by atoms with Gasteiger partial charge in [-0.25, -0.2) is 0 Å². The molecule has 0 aliphatic carbocycles. The van der Waals surface area contributed by atoms with E-state index in [1.165, 1.54) is 0 Å². The Morgan fingerprint density at radius 2 is 2.31 bits per heavy atom. The zero-order chi connectivity index (χ0) is 12.0. The number of rotatable bonds is 5. The molecule has 1 amide bonds. The molecule has 0 spiro atoms. The van der Waals surface area contributed by atoms with E-state index >= 15 is 0 Å². The van der Waals surface area contributed by atoms with Crippen LogP contribution in [0.2, 0.25) is 5.02 Å². The van der Waals surface area contributed by atoms with E-state index in [2.05, 4.69) is 5.32 Å². The summed E-state index contributed by atoms with van der Waals surface area (Å²) in [7, 11) is 0. The second kappa shape index (κ2) is 6.35. The predicted octanol–water partition coefficient (Wildman–Crippen LogP) is 1.69. The average Bonchev–Trinajstić information content (AvgIpc) is 2.24. The molecule has 1 rings (SSSR count). The Balaban J connectivity index is 2.59. The summed E-state index contributed by atoms with van der Waals surface area (Å²) in [6.07, 6.45) is 0. The SMILES string of the molecule is CCOCCNC(=O)c1c(N)cccc1Cl. The third kappa shape index (κ3) is 3.40. The minimum absolute atomic E-state index is 0.275. The number of nitrogens with two attached hydrogens (primary N) is 1. The van der Waals surface area contributed by atoms with E-state index in [-0.39, 0.29) is 5.91 Å². The Labute approximate surface area is 99.7 Å². The molecule has 0 unspecified atom stereocenters. The maximum absolute atomic E-state index is 11.7. The van der Waals surface area contributed by atoms with E-state index in [0.29, 0.717) is 36.0 Å². The molecule has 0 aromatic heterocycles. The standard InChI is InChI=1S/C11H15ClN2O2/c1-2-16-7-6-14-11(15)10-8(12)4-3-5-9(10)13/h3-5H,2,6-7,13H2,1H3,(H,14,15). The van der Waals surface area contributed by atoms with Crippen LogP contribution in [0.3, 0.4) is 0 Å². The predicted molar refractivity (Wildman–Crippen MR) is 64.7 cm³/mol. The van der Waals surface area contributed by atoms with Crippen molar-refractivity contribution in [3.8, 4) is 0 Å². The largest absolute Gasteiger partial charge is 0.398 e. The van der Waals surface area contributed by atoms with Gasteiger partial charge in [-0.15, -0.1) is 0 Å². The van der Waals surface area contributed by atoms with Crippen LogP contribution in [0, 0.1) is 0 Å². The molecule has 88 valence electrons. The number of ether oxygens (including phenoxy) is 1. The lowest BCUT2D eigenvalue weighted by atomic mass is 10.1. The minimum Gasteiger partial charge on any atom is -0.398 e. The van der Waals surface area contributed by atoms with Gasteiger partial charge in [-0.2, -0.15) is 0 Å². The lowest BCUT2D eigenvalue weighted by molar-refractivity contribution is 0.0923. The van der Waals surface area contributed by atoms with E-state index in [4.69, 9.17) is 22.1 Å². The molecular weight excluding hydrogens is 228 g/mol. The molecule has 1 aromatic carbocycles. The number of nitrogen functional groups attached to an aromatic ring is 1. The number of nitrogens with one attached hydrogen (secondary N) is 1. The van der Waals surface area contributed by atoms with E-state index in [1.807, 2.05) is 6.92 Å². The van der Waals surface area contributed by atoms with E-state index in [0.717, 1.165) is 0 Å². The highest BCUT2D eigenvalue weighted by molar-refractivity contribution is 6.34. The molecule has 16 heavy (non-hydrogen) atoms. The van der Waals surface area contributed by atoms with Crippen LogP contribution >= 0.6 is 11.6 Å². The van der Waals surface area contributed by atoms with Gasteiger partial charge in [0.15, 0.2) is 0 Å². The molecule has 0 bridgehead atoms. The van der Waals surface area contributed by atoms with Crippen LogP contribution in [0.5, 0.6) is 0 Å². The zero-order valence-corrected chi connectivity index (χ0v) is 9.88. The fourth-order valence-electron chi connectivity index (χ4n) is 1.25. The number of hydrogen-bond acceptors (Lipinski definition) is 3. The Bertz CT molecular complexity index is 349. The van der Waals surface area contributed by atoms with Crippen LogP contribution in [-0.2, 0) is 4.74 Å². The summed E-state index contributed by atoms with van der Waals surface area (Å²) >= 11 is 5.89. The van der Waals surface area contributed by atoms with Crippen molar-refractivity contribution in [1.82, 2.24) is 5.32 Å². The van der Waals surface area contributed by atoms with Crippen LogP contribution in [0.15, 0.2) is 18.2 Å². The van der Waals surface area contributed by atoms with Crippen LogP contribution in [0.25, 0.3) is 0 Å². The van der Waals surface area contributed by atoms with Gasteiger partial charge in [-0.05, 0) is 19.1 Å². The van der Waals surface area contributed by atoms with Gasteiger partial charge in [0, 0.05) is 18.8 Å². The number of benzene rings is 1. The number of carbonyl (C=O) groups excluding carboxylic acids is 1. The van der Waals surface area contributed by atoms with Gasteiger partial charge < -0.3 is 15.8 Å². The second-order valence-electron chi connectivity index (χ2n) is 3.16. The summed E-state index contributed by atoms with van der Waals surface area (Å²) in [6, 6.07) is 4.98. The van der Waals surface area contributed by atoms with Gasteiger partial charge in [0.2, 0.25) is 0 Å². The molecule has 0 radical (unpaired) electrons. The minimum atomic E-state index is -0.275. The maximum Gasteiger partial charge on any atom is 0.254 e. The summed E-state index contributed by atoms with van der Waals surface area (Å²) in [5.41, 5.74) is 6.37. The molecule has 3 N–H and O–H groups in total. The maximum atomic E-state index is 11.7. The van der Waals surface area contributed by atoms with Crippen molar-refractivity contribution < 1.29 is 9.53 Å². The first-order valence-corrected chi connectivity index (χ1v) is 5.44. The molecular formula is C11H15ClN2O2. The van der Waals surface area contributed by atoms with Crippen LogP contribution < -0.4 is 11.1 Å². The zero-order valence-electron chi connectivity index (χ0n) is 9.13. The summed E-state index contributed by atoms with van der Waals surface area (Å²) in [5, 5.41) is 3.04. The van der Waals surface area contributed by atoms with Crippen LogP contribution in [0.4, 0.5) is 5.69 Å². The number of amides is 1. The van der Waals surface area contributed by atoms with Crippen molar-refractivity contribution in [3.63, 3.8) is 0 Å². The van der Waals surface area contributed by atoms with Gasteiger partial charge in [0.25, 0.3) is 5.91 Å². The van der Waals surface area contributed by atoms with Crippen molar-refractivity contribution in [2.75, 3.05) is 25.5 Å². The Morgan fingerprint density at radius 3 is 2.94 bits per heavy atom. The van der Waals surface area contributed by atoms with Gasteiger partial charge in [-0.3, -0.25) is 4.79 Å². The summed E-state index contributed by atoms with van der Waals surface area (Å²) < 4.78 is 5.10. The van der Waals surface area contributed by atoms with Gasteiger partial charge >= 0.3 is 0 Å². The van der Waals surface area contributed by atoms with Crippen molar-refractivity contribution in [1.29, 1.82) is 0 Å². The Morgan fingerprint density at radius 1 is 1.56 bits per heavy atom. The molecule has 0 heterocycles. The first-order chi connectivity index (χ1) is 7.66. The highest BCUT2D eigenvalue weighted by atomic mass is 35.5. The normalized spacial score (nSPS) is 10.1. The molecule has 0 saturated heterocycles. The number of anilines is 1. The highest BCUT2D eigenvalue weighted by Gasteiger charge is 2.12. The third-order valence-electron chi connectivity index (χ3n) is 2.01. The van der Waals surface area contributed by atoms with E-state index in [1.54, 1.807) is 18.2 Å². The summed E-state index contributed by atoms with van der Waals surface area (Å²) in [5.74, 6) is -0.275. The topological polar surface area (TPSA) is 64.3 Å². The molecule has 0 saturated carbocycles. The molecule has 0 fully saturated rings. The summed E-state index contributed by atoms with van der Waals surface area (Å²) in [4.78, 5) is 11.7. The Hall–Kier alpha value is -1.26. The third-order valence-corrected chi connectivity index (χ3v) is 2.32. The molecule has 0 aliphatic heterocycles. The highest BCUT2D eigenvalue weighted by Crippen LogP contribution is 2.21. The van der Waals surface area contributed by atoms with Gasteiger partial charge in [0.1, 0.15) is 0 Å². The molecule has 5 heteroatoms.